The molecule has 1 atom stereocenters. The fraction of sp³-hybridized carbons (Fsp3) is 0.625. The number of hydrogen-bond acceptors (Lipinski definition) is 3. The van der Waals surface area contributed by atoms with Crippen LogP contribution in [0.25, 0.3) is 0 Å². The van der Waals surface area contributed by atoms with Crippen molar-refractivity contribution in [3.8, 4) is 0 Å². The molecule has 106 valence electrons. The Morgan fingerprint density at radius 2 is 1.79 bits per heavy atom. The summed E-state index contributed by atoms with van der Waals surface area (Å²) in [6.07, 6.45) is 2.92. The Bertz CT molecular complexity index is 380. The van der Waals surface area contributed by atoms with E-state index in [0.29, 0.717) is 5.92 Å². The average Bonchev–Trinajstić information content (AvgIpc) is 2.46. The lowest BCUT2D eigenvalue weighted by molar-refractivity contribution is -0.0181. The number of benzene rings is 1. The van der Waals surface area contributed by atoms with Gasteiger partial charge in [0.25, 0.3) is 0 Å². The van der Waals surface area contributed by atoms with Crippen LogP contribution in [0, 0.1) is 5.92 Å². The number of aliphatic hydroxyl groups excluding tert-OH is 1. The van der Waals surface area contributed by atoms with E-state index in [9.17, 15) is 5.11 Å². The Balaban J connectivity index is 1.92. The molecule has 1 aliphatic rings. The van der Waals surface area contributed by atoms with Crippen molar-refractivity contribution in [1.29, 1.82) is 0 Å². The fourth-order valence-electron chi connectivity index (χ4n) is 2.82. The lowest BCUT2D eigenvalue weighted by atomic mass is 9.94. The third kappa shape index (κ3) is 3.48. The van der Waals surface area contributed by atoms with Crippen LogP contribution in [0.5, 0.6) is 0 Å². The predicted molar refractivity (Wildman–Crippen MR) is 80.5 cm³/mol. The summed E-state index contributed by atoms with van der Waals surface area (Å²) in [5.74, 6) is 0.404. The van der Waals surface area contributed by atoms with Crippen molar-refractivity contribution in [2.24, 2.45) is 5.92 Å². The minimum Gasteiger partial charge on any atom is -0.378 e. The Kier molecular flexibility index (Phi) is 4.83. The highest BCUT2D eigenvalue weighted by molar-refractivity contribution is 5.47. The Hall–Kier alpha value is -1.06. The topological polar surface area (TPSA) is 26.7 Å². The molecule has 3 heteroatoms. The number of aryl methyl sites for hydroxylation is 1. The van der Waals surface area contributed by atoms with Crippen molar-refractivity contribution >= 4 is 5.69 Å². The zero-order valence-electron chi connectivity index (χ0n) is 12.3. The minimum absolute atomic E-state index is 0.301. The van der Waals surface area contributed by atoms with E-state index >= 15 is 0 Å². The summed E-state index contributed by atoms with van der Waals surface area (Å²) in [6, 6.07) is 8.88. The molecule has 1 aromatic rings. The second-order valence-electron chi connectivity index (χ2n) is 5.72. The average molecular weight is 262 g/mol. The van der Waals surface area contributed by atoms with Gasteiger partial charge in [-0.05, 0) is 51.1 Å². The van der Waals surface area contributed by atoms with E-state index in [1.54, 1.807) is 0 Å². The van der Waals surface area contributed by atoms with E-state index in [-0.39, 0.29) is 6.23 Å². The van der Waals surface area contributed by atoms with Gasteiger partial charge in [-0.25, -0.2) is 0 Å². The van der Waals surface area contributed by atoms with Crippen LogP contribution in [0.15, 0.2) is 24.3 Å². The number of piperidine rings is 1. The van der Waals surface area contributed by atoms with Crippen LogP contribution in [-0.2, 0) is 6.42 Å². The maximum atomic E-state index is 10.1. The predicted octanol–water partition coefficient (Wildman–Crippen LogP) is 2.35. The summed E-state index contributed by atoms with van der Waals surface area (Å²) in [6.45, 7) is 4.27. The minimum atomic E-state index is -0.301. The van der Waals surface area contributed by atoms with Crippen LogP contribution in [0.3, 0.4) is 0 Å². The van der Waals surface area contributed by atoms with Gasteiger partial charge in [-0.2, -0.15) is 0 Å². The molecule has 0 saturated carbocycles. The Morgan fingerprint density at radius 1 is 1.21 bits per heavy atom. The van der Waals surface area contributed by atoms with Crippen LogP contribution >= 0.6 is 0 Å². The van der Waals surface area contributed by atoms with Gasteiger partial charge in [0.2, 0.25) is 0 Å². The highest BCUT2D eigenvalue weighted by atomic mass is 16.3. The molecule has 1 aromatic carbocycles. The summed E-state index contributed by atoms with van der Waals surface area (Å²) in [7, 11) is 3.89. The third-order valence-electron chi connectivity index (χ3n) is 4.20. The normalized spacial score (nSPS) is 18.9. The van der Waals surface area contributed by atoms with Gasteiger partial charge >= 0.3 is 0 Å². The van der Waals surface area contributed by atoms with E-state index in [1.807, 2.05) is 19.0 Å². The van der Waals surface area contributed by atoms with Crippen molar-refractivity contribution in [2.45, 2.75) is 32.4 Å². The van der Waals surface area contributed by atoms with Crippen LogP contribution < -0.4 is 4.90 Å². The van der Waals surface area contributed by atoms with Crippen molar-refractivity contribution < 1.29 is 5.11 Å². The van der Waals surface area contributed by atoms with Crippen molar-refractivity contribution in [2.75, 3.05) is 32.1 Å². The monoisotopic (exact) mass is 262 g/mol. The first-order valence-corrected chi connectivity index (χ1v) is 7.30. The molecular weight excluding hydrogens is 236 g/mol. The van der Waals surface area contributed by atoms with E-state index in [0.717, 1.165) is 32.4 Å². The van der Waals surface area contributed by atoms with E-state index in [4.69, 9.17) is 0 Å². The number of nitrogens with zero attached hydrogens (tertiary/aromatic N) is 2. The molecule has 0 aliphatic carbocycles. The summed E-state index contributed by atoms with van der Waals surface area (Å²) < 4.78 is 0. The molecule has 1 fully saturated rings. The molecule has 1 heterocycles. The molecule has 1 saturated heterocycles. The highest BCUT2D eigenvalue weighted by Gasteiger charge is 2.26. The molecule has 0 amide bonds. The smallest absolute Gasteiger partial charge is 0.109 e. The molecule has 3 nitrogen and oxygen atoms in total. The second kappa shape index (κ2) is 6.40. The van der Waals surface area contributed by atoms with Gasteiger partial charge in [0.05, 0.1) is 0 Å². The Morgan fingerprint density at radius 3 is 2.26 bits per heavy atom. The molecule has 0 aromatic heterocycles. The first kappa shape index (κ1) is 14.4. The van der Waals surface area contributed by atoms with E-state index < -0.39 is 0 Å². The number of rotatable bonds is 4. The SMILES string of the molecule is CCc1ccc(N2CCC(C(O)N(C)C)CC2)cc1. The number of aliphatic hydroxyl groups is 1. The first-order valence-electron chi connectivity index (χ1n) is 7.30. The molecule has 0 radical (unpaired) electrons. The summed E-state index contributed by atoms with van der Waals surface area (Å²) in [5, 5.41) is 10.1. The quantitative estimate of drug-likeness (QED) is 0.844. The largest absolute Gasteiger partial charge is 0.378 e. The Labute approximate surface area is 116 Å². The van der Waals surface area contributed by atoms with Gasteiger partial charge in [-0.1, -0.05) is 19.1 Å². The molecule has 1 aliphatic heterocycles. The maximum absolute atomic E-state index is 10.1. The van der Waals surface area contributed by atoms with Gasteiger partial charge in [-0.15, -0.1) is 0 Å². The molecule has 0 bridgehead atoms. The van der Waals surface area contributed by atoms with Crippen molar-refractivity contribution in [3.05, 3.63) is 29.8 Å². The van der Waals surface area contributed by atoms with Gasteiger partial charge < -0.3 is 10.0 Å². The molecule has 1 N–H and O–H groups in total. The molecule has 1 unspecified atom stereocenters. The molecule has 0 spiro atoms. The third-order valence-corrected chi connectivity index (χ3v) is 4.20. The second-order valence-corrected chi connectivity index (χ2v) is 5.72. The zero-order valence-corrected chi connectivity index (χ0v) is 12.3. The number of hydrogen-bond donors (Lipinski definition) is 1. The van der Waals surface area contributed by atoms with Gasteiger partial charge in [0.1, 0.15) is 6.23 Å². The summed E-state index contributed by atoms with van der Waals surface area (Å²) >= 11 is 0. The van der Waals surface area contributed by atoms with E-state index in [2.05, 4.69) is 36.1 Å². The van der Waals surface area contributed by atoms with Crippen LogP contribution in [0.1, 0.15) is 25.3 Å². The number of anilines is 1. The molecular formula is C16H26N2O. The first-order chi connectivity index (χ1) is 9.11. The standard InChI is InChI=1S/C16H26N2O/c1-4-13-5-7-15(8-6-13)18-11-9-14(10-12-18)16(19)17(2)3/h5-8,14,16,19H,4,9-12H2,1-3H3. The summed E-state index contributed by atoms with van der Waals surface area (Å²) in [4.78, 5) is 4.34. The highest BCUT2D eigenvalue weighted by Crippen LogP contribution is 2.26. The van der Waals surface area contributed by atoms with E-state index in [1.165, 1.54) is 11.3 Å². The lowest BCUT2D eigenvalue weighted by Crippen LogP contribution is -2.42. The van der Waals surface area contributed by atoms with Gasteiger partial charge in [-0.3, -0.25) is 4.90 Å². The maximum Gasteiger partial charge on any atom is 0.109 e. The summed E-state index contributed by atoms with van der Waals surface area (Å²) in [5.41, 5.74) is 2.71. The van der Waals surface area contributed by atoms with Crippen molar-refractivity contribution in [1.82, 2.24) is 4.90 Å². The van der Waals surface area contributed by atoms with Crippen molar-refractivity contribution in [3.63, 3.8) is 0 Å². The lowest BCUT2D eigenvalue weighted by Gasteiger charge is -2.37. The molecule has 19 heavy (non-hydrogen) atoms. The zero-order chi connectivity index (χ0) is 13.8. The molecule has 2 rings (SSSR count). The fourth-order valence-corrected chi connectivity index (χ4v) is 2.82. The van der Waals surface area contributed by atoms with Gasteiger partial charge in [0, 0.05) is 24.7 Å². The van der Waals surface area contributed by atoms with Crippen LogP contribution in [-0.4, -0.2) is 43.4 Å². The van der Waals surface area contributed by atoms with Gasteiger partial charge in [0.15, 0.2) is 0 Å². The van der Waals surface area contributed by atoms with Crippen LogP contribution in [0.2, 0.25) is 0 Å². The van der Waals surface area contributed by atoms with Crippen LogP contribution in [0.4, 0.5) is 5.69 Å².